The minimum absolute atomic E-state index is 0.0246. The van der Waals surface area contributed by atoms with Gasteiger partial charge in [0.25, 0.3) is 0 Å². The fourth-order valence-corrected chi connectivity index (χ4v) is 3.54. The third-order valence-corrected chi connectivity index (χ3v) is 5.39. The molecule has 1 aromatic heterocycles. The summed E-state index contributed by atoms with van der Waals surface area (Å²) in [6.45, 7) is 13.2. The maximum absolute atomic E-state index is 12.3. The summed E-state index contributed by atoms with van der Waals surface area (Å²) in [5.74, 6) is 0.833. The van der Waals surface area contributed by atoms with Gasteiger partial charge in [0.15, 0.2) is 0 Å². The van der Waals surface area contributed by atoms with Crippen LogP contribution in [0.25, 0.3) is 0 Å². The Balaban J connectivity index is 1.61. The lowest BCUT2D eigenvalue weighted by atomic mass is 9.96. The van der Waals surface area contributed by atoms with Crippen LogP contribution >= 0.6 is 0 Å². The maximum atomic E-state index is 12.3. The molecule has 1 aliphatic heterocycles. The second kappa shape index (κ2) is 7.85. The van der Waals surface area contributed by atoms with Crippen molar-refractivity contribution in [3.63, 3.8) is 0 Å². The zero-order valence-corrected chi connectivity index (χ0v) is 17.2. The summed E-state index contributed by atoms with van der Waals surface area (Å²) in [6.07, 6.45) is 3.87. The highest BCUT2D eigenvalue weighted by molar-refractivity contribution is 5.93. The first-order valence-electron chi connectivity index (χ1n) is 9.87. The summed E-state index contributed by atoms with van der Waals surface area (Å²) in [7, 11) is 0. The molecule has 0 atom stereocenters. The molecular weight excluding hydrogens is 336 g/mol. The van der Waals surface area contributed by atoms with Crippen molar-refractivity contribution >= 4 is 11.7 Å². The minimum Gasteiger partial charge on any atom is -0.310 e. The smallest absolute Gasteiger partial charge is 0.230 e. The number of carbonyl (C=O) groups is 1. The van der Waals surface area contributed by atoms with Crippen LogP contribution in [0.1, 0.15) is 56.3 Å². The van der Waals surface area contributed by atoms with E-state index in [1.165, 1.54) is 16.7 Å². The predicted octanol–water partition coefficient (Wildman–Crippen LogP) is 4.32. The number of amides is 1. The van der Waals surface area contributed by atoms with Gasteiger partial charge in [0.2, 0.25) is 5.91 Å². The van der Waals surface area contributed by atoms with Crippen LogP contribution in [0, 0.1) is 19.3 Å². The minimum atomic E-state index is -0.413. The fourth-order valence-electron chi connectivity index (χ4n) is 3.54. The van der Waals surface area contributed by atoms with Crippen molar-refractivity contribution in [2.45, 2.75) is 60.0 Å². The largest absolute Gasteiger partial charge is 0.310 e. The third kappa shape index (κ3) is 4.78. The molecule has 0 bridgehead atoms. The molecule has 1 aliphatic rings. The van der Waals surface area contributed by atoms with Crippen molar-refractivity contribution in [1.29, 1.82) is 0 Å². The normalized spacial score (nSPS) is 16.5. The Labute approximate surface area is 162 Å². The van der Waals surface area contributed by atoms with E-state index in [2.05, 4.69) is 47.4 Å². The molecule has 0 spiro atoms. The van der Waals surface area contributed by atoms with E-state index in [1.54, 1.807) is 6.20 Å². The molecule has 0 aliphatic carbocycles. The van der Waals surface area contributed by atoms with Crippen LogP contribution in [-0.4, -0.2) is 33.7 Å². The molecule has 0 saturated carbocycles. The molecule has 27 heavy (non-hydrogen) atoms. The zero-order valence-electron chi connectivity index (χ0n) is 17.2. The molecule has 0 radical (unpaired) electrons. The average Bonchev–Trinajstić information content (AvgIpc) is 3.06. The van der Waals surface area contributed by atoms with Crippen molar-refractivity contribution in [1.82, 2.24) is 14.7 Å². The number of benzene rings is 1. The molecule has 1 aromatic carbocycles. The van der Waals surface area contributed by atoms with Gasteiger partial charge < -0.3 is 5.32 Å². The molecule has 1 saturated heterocycles. The second-order valence-electron chi connectivity index (χ2n) is 8.80. The first-order valence-corrected chi connectivity index (χ1v) is 9.87. The highest BCUT2D eigenvalue weighted by atomic mass is 16.2. The van der Waals surface area contributed by atoms with Crippen LogP contribution in [-0.2, 0) is 11.3 Å². The summed E-state index contributed by atoms with van der Waals surface area (Å²) in [6, 6.07) is 8.92. The monoisotopic (exact) mass is 368 g/mol. The summed E-state index contributed by atoms with van der Waals surface area (Å²) in [4.78, 5) is 14.8. The van der Waals surface area contributed by atoms with Gasteiger partial charge in [-0.25, -0.2) is 4.68 Å². The standard InChI is InChI=1S/C22H32N4O/c1-16-6-7-17(2)18(14-16)15-25-12-9-19(10-13-25)26-20(8-11-23-26)24-21(27)22(3,4)5/h6-8,11,14,19H,9-10,12-13,15H2,1-5H3,(H,24,27). The Bertz CT molecular complexity index is 795. The van der Waals surface area contributed by atoms with E-state index < -0.39 is 5.41 Å². The van der Waals surface area contributed by atoms with E-state index >= 15 is 0 Å². The van der Waals surface area contributed by atoms with Gasteiger partial charge in [-0.1, -0.05) is 44.5 Å². The Morgan fingerprint density at radius 2 is 1.89 bits per heavy atom. The van der Waals surface area contributed by atoms with Gasteiger partial charge in [0.1, 0.15) is 5.82 Å². The van der Waals surface area contributed by atoms with E-state index in [1.807, 2.05) is 31.5 Å². The Kier molecular flexibility index (Phi) is 5.70. The molecule has 5 nitrogen and oxygen atoms in total. The first kappa shape index (κ1) is 19.6. The Hall–Kier alpha value is -2.14. The van der Waals surface area contributed by atoms with E-state index in [0.29, 0.717) is 6.04 Å². The number of carbonyl (C=O) groups excluding carboxylic acids is 1. The van der Waals surface area contributed by atoms with Crippen LogP contribution in [0.2, 0.25) is 0 Å². The van der Waals surface area contributed by atoms with Crippen molar-refractivity contribution < 1.29 is 4.79 Å². The molecule has 2 heterocycles. The van der Waals surface area contributed by atoms with Gasteiger partial charge in [-0.3, -0.25) is 9.69 Å². The number of nitrogens with one attached hydrogen (secondary N) is 1. The Morgan fingerprint density at radius 1 is 1.19 bits per heavy atom. The SMILES string of the molecule is Cc1ccc(C)c(CN2CCC(n3nccc3NC(=O)C(C)(C)C)CC2)c1. The number of piperidine rings is 1. The lowest BCUT2D eigenvalue weighted by Gasteiger charge is -2.33. The number of likely N-dealkylation sites (tertiary alicyclic amines) is 1. The number of hydrogen-bond acceptors (Lipinski definition) is 3. The van der Waals surface area contributed by atoms with Gasteiger partial charge in [0.05, 0.1) is 12.2 Å². The van der Waals surface area contributed by atoms with E-state index in [0.717, 1.165) is 38.3 Å². The van der Waals surface area contributed by atoms with E-state index in [9.17, 15) is 4.79 Å². The number of hydrogen-bond donors (Lipinski definition) is 1. The second-order valence-corrected chi connectivity index (χ2v) is 8.80. The number of rotatable bonds is 4. The molecule has 1 N–H and O–H groups in total. The number of aryl methyl sites for hydroxylation is 2. The van der Waals surface area contributed by atoms with Crippen LogP contribution in [0.4, 0.5) is 5.82 Å². The van der Waals surface area contributed by atoms with Gasteiger partial charge in [0, 0.05) is 31.1 Å². The van der Waals surface area contributed by atoms with Crippen molar-refractivity contribution in [2.24, 2.45) is 5.41 Å². The maximum Gasteiger partial charge on any atom is 0.230 e. The quantitative estimate of drug-likeness (QED) is 0.874. The fraction of sp³-hybridized carbons (Fsp3) is 0.545. The molecule has 5 heteroatoms. The molecule has 1 amide bonds. The van der Waals surface area contributed by atoms with Crippen LogP contribution < -0.4 is 5.32 Å². The highest BCUT2D eigenvalue weighted by Gasteiger charge is 2.26. The number of nitrogens with zero attached hydrogens (tertiary/aromatic N) is 3. The van der Waals surface area contributed by atoms with Crippen molar-refractivity contribution in [3.05, 3.63) is 47.2 Å². The summed E-state index contributed by atoms with van der Waals surface area (Å²) in [5, 5.41) is 7.53. The molecular formula is C22H32N4O. The summed E-state index contributed by atoms with van der Waals surface area (Å²) in [5.41, 5.74) is 3.69. The van der Waals surface area contributed by atoms with E-state index in [-0.39, 0.29) is 5.91 Å². The molecule has 146 valence electrons. The van der Waals surface area contributed by atoms with Gasteiger partial charge in [-0.15, -0.1) is 0 Å². The van der Waals surface area contributed by atoms with Crippen molar-refractivity contribution in [2.75, 3.05) is 18.4 Å². The van der Waals surface area contributed by atoms with Crippen molar-refractivity contribution in [3.8, 4) is 0 Å². The molecule has 3 rings (SSSR count). The lowest BCUT2D eigenvalue weighted by molar-refractivity contribution is -0.123. The topological polar surface area (TPSA) is 50.2 Å². The van der Waals surface area contributed by atoms with Gasteiger partial charge >= 0.3 is 0 Å². The first-order chi connectivity index (χ1) is 12.7. The van der Waals surface area contributed by atoms with Gasteiger partial charge in [-0.05, 0) is 37.8 Å². The lowest BCUT2D eigenvalue weighted by Crippen LogP contribution is -2.35. The van der Waals surface area contributed by atoms with Crippen LogP contribution in [0.5, 0.6) is 0 Å². The number of aromatic nitrogens is 2. The zero-order chi connectivity index (χ0) is 19.6. The van der Waals surface area contributed by atoms with E-state index in [4.69, 9.17) is 0 Å². The summed E-state index contributed by atoms with van der Waals surface area (Å²) >= 11 is 0. The highest BCUT2D eigenvalue weighted by Crippen LogP contribution is 2.27. The van der Waals surface area contributed by atoms with Gasteiger partial charge in [-0.2, -0.15) is 5.10 Å². The third-order valence-electron chi connectivity index (χ3n) is 5.39. The van der Waals surface area contributed by atoms with Crippen LogP contribution in [0.3, 0.4) is 0 Å². The molecule has 1 fully saturated rings. The molecule has 0 unspecified atom stereocenters. The number of anilines is 1. The predicted molar refractivity (Wildman–Crippen MR) is 110 cm³/mol. The van der Waals surface area contributed by atoms with Crippen LogP contribution in [0.15, 0.2) is 30.5 Å². The summed E-state index contributed by atoms with van der Waals surface area (Å²) < 4.78 is 2.00. The molecule has 2 aromatic rings. The average molecular weight is 369 g/mol. The Morgan fingerprint density at radius 3 is 2.56 bits per heavy atom.